The van der Waals surface area contributed by atoms with Crippen LogP contribution in [0.1, 0.15) is 40.0 Å². The molecule has 0 aromatic rings. The molecule has 1 aliphatic rings. The molecule has 2 N–H and O–H groups in total. The van der Waals surface area contributed by atoms with E-state index in [2.05, 4.69) is 31.0 Å². The van der Waals surface area contributed by atoms with Gasteiger partial charge in [-0.05, 0) is 38.6 Å². The Morgan fingerprint density at radius 2 is 2.12 bits per heavy atom. The number of hydrogen-bond donors (Lipinski definition) is 2. The van der Waals surface area contributed by atoms with Crippen LogP contribution in [0, 0.1) is 5.92 Å². The summed E-state index contributed by atoms with van der Waals surface area (Å²) in [4.78, 5) is 2.53. The molecule has 16 heavy (non-hydrogen) atoms. The average molecular weight is 228 g/mol. The van der Waals surface area contributed by atoms with Gasteiger partial charge in [-0.1, -0.05) is 13.8 Å². The van der Waals surface area contributed by atoms with E-state index in [-0.39, 0.29) is 12.6 Å². The summed E-state index contributed by atoms with van der Waals surface area (Å²) in [6.45, 7) is 10.2. The highest BCUT2D eigenvalue weighted by atomic mass is 16.3. The van der Waals surface area contributed by atoms with Crippen LogP contribution in [-0.2, 0) is 0 Å². The van der Waals surface area contributed by atoms with Crippen LogP contribution in [0.25, 0.3) is 0 Å². The van der Waals surface area contributed by atoms with Gasteiger partial charge in [-0.2, -0.15) is 0 Å². The molecule has 3 atom stereocenters. The summed E-state index contributed by atoms with van der Waals surface area (Å²) < 4.78 is 0. The van der Waals surface area contributed by atoms with E-state index < -0.39 is 0 Å². The molecular formula is C13H28N2O. The Morgan fingerprint density at radius 1 is 1.38 bits per heavy atom. The quantitative estimate of drug-likeness (QED) is 0.722. The van der Waals surface area contributed by atoms with Crippen molar-refractivity contribution in [3.63, 3.8) is 0 Å². The van der Waals surface area contributed by atoms with Crippen molar-refractivity contribution in [2.45, 2.75) is 52.1 Å². The summed E-state index contributed by atoms with van der Waals surface area (Å²) in [6.07, 6.45) is 3.78. The van der Waals surface area contributed by atoms with E-state index in [1.165, 1.54) is 19.4 Å². The van der Waals surface area contributed by atoms with Gasteiger partial charge in [0.15, 0.2) is 0 Å². The van der Waals surface area contributed by atoms with Gasteiger partial charge in [-0.15, -0.1) is 0 Å². The second-order valence-corrected chi connectivity index (χ2v) is 5.32. The Morgan fingerprint density at radius 3 is 2.75 bits per heavy atom. The van der Waals surface area contributed by atoms with Crippen molar-refractivity contribution in [1.82, 2.24) is 10.2 Å². The Labute approximate surface area is 100 Å². The summed E-state index contributed by atoms with van der Waals surface area (Å²) >= 11 is 0. The molecule has 1 fully saturated rings. The standard InChI is InChI=1S/C13H28N2O/c1-4-7-14-13(10-16)9-15-8-11(2)5-6-12(15)3/h11-14,16H,4-10H2,1-3H3. The highest BCUT2D eigenvalue weighted by Gasteiger charge is 2.24. The highest BCUT2D eigenvalue weighted by molar-refractivity contribution is 4.81. The van der Waals surface area contributed by atoms with E-state index in [1.807, 2.05) is 0 Å². The van der Waals surface area contributed by atoms with E-state index in [9.17, 15) is 5.11 Å². The lowest BCUT2D eigenvalue weighted by atomic mass is 9.94. The Bertz CT molecular complexity index is 187. The monoisotopic (exact) mass is 228 g/mol. The third-order valence-electron chi connectivity index (χ3n) is 3.61. The smallest absolute Gasteiger partial charge is 0.0597 e. The number of nitrogens with zero attached hydrogens (tertiary/aromatic N) is 1. The van der Waals surface area contributed by atoms with Gasteiger partial charge in [-0.3, -0.25) is 4.90 Å². The average Bonchev–Trinajstić information content (AvgIpc) is 2.28. The maximum Gasteiger partial charge on any atom is 0.0597 e. The van der Waals surface area contributed by atoms with Gasteiger partial charge in [0.2, 0.25) is 0 Å². The zero-order valence-electron chi connectivity index (χ0n) is 11.1. The molecule has 0 aromatic carbocycles. The fourth-order valence-corrected chi connectivity index (χ4v) is 2.45. The summed E-state index contributed by atoms with van der Waals surface area (Å²) in [5, 5.41) is 12.8. The molecule has 0 spiro atoms. The molecular weight excluding hydrogens is 200 g/mol. The molecule has 1 aliphatic heterocycles. The first-order valence-electron chi connectivity index (χ1n) is 6.75. The first-order chi connectivity index (χ1) is 7.67. The molecule has 1 rings (SSSR count). The molecule has 0 bridgehead atoms. The van der Waals surface area contributed by atoms with Crippen LogP contribution in [0.3, 0.4) is 0 Å². The third-order valence-corrected chi connectivity index (χ3v) is 3.61. The van der Waals surface area contributed by atoms with Crippen LogP contribution >= 0.6 is 0 Å². The number of aliphatic hydroxyl groups is 1. The predicted octanol–water partition coefficient (Wildman–Crippen LogP) is 1.47. The summed E-state index contributed by atoms with van der Waals surface area (Å²) in [6, 6.07) is 0.918. The van der Waals surface area contributed by atoms with E-state index >= 15 is 0 Å². The van der Waals surface area contributed by atoms with Gasteiger partial charge in [0.25, 0.3) is 0 Å². The first-order valence-corrected chi connectivity index (χ1v) is 6.75. The Hall–Kier alpha value is -0.120. The molecule has 1 saturated heterocycles. The van der Waals surface area contributed by atoms with Crippen LogP contribution < -0.4 is 5.32 Å². The Balaban J connectivity index is 2.36. The minimum atomic E-state index is 0.243. The summed E-state index contributed by atoms with van der Waals surface area (Å²) in [7, 11) is 0. The van der Waals surface area contributed by atoms with E-state index in [0.29, 0.717) is 6.04 Å². The molecule has 3 unspecified atom stereocenters. The molecule has 96 valence electrons. The number of likely N-dealkylation sites (tertiary alicyclic amines) is 1. The van der Waals surface area contributed by atoms with E-state index in [0.717, 1.165) is 25.4 Å². The lowest BCUT2D eigenvalue weighted by Crippen LogP contribution is -2.49. The number of aliphatic hydroxyl groups excluding tert-OH is 1. The normalized spacial score (nSPS) is 29.2. The van der Waals surface area contributed by atoms with Gasteiger partial charge in [0.1, 0.15) is 0 Å². The van der Waals surface area contributed by atoms with Crippen molar-refractivity contribution >= 4 is 0 Å². The molecule has 0 radical (unpaired) electrons. The van der Waals surface area contributed by atoms with Crippen LogP contribution in [0.15, 0.2) is 0 Å². The van der Waals surface area contributed by atoms with Crippen molar-refractivity contribution in [3.8, 4) is 0 Å². The second kappa shape index (κ2) is 7.25. The van der Waals surface area contributed by atoms with Crippen LogP contribution in [0.4, 0.5) is 0 Å². The molecule has 0 aliphatic carbocycles. The molecule has 0 saturated carbocycles. The zero-order chi connectivity index (χ0) is 12.0. The number of piperidine rings is 1. The molecule has 0 amide bonds. The Kier molecular flexibility index (Phi) is 6.32. The van der Waals surface area contributed by atoms with E-state index in [4.69, 9.17) is 0 Å². The van der Waals surface area contributed by atoms with Gasteiger partial charge in [0.05, 0.1) is 6.61 Å². The molecule has 3 heteroatoms. The van der Waals surface area contributed by atoms with E-state index in [1.54, 1.807) is 0 Å². The highest BCUT2D eigenvalue weighted by Crippen LogP contribution is 2.21. The largest absolute Gasteiger partial charge is 0.395 e. The van der Waals surface area contributed by atoms with Crippen LogP contribution in [-0.4, -0.2) is 48.3 Å². The summed E-state index contributed by atoms with van der Waals surface area (Å²) in [5.41, 5.74) is 0. The molecule has 1 heterocycles. The van der Waals surface area contributed by atoms with Crippen molar-refractivity contribution in [2.24, 2.45) is 5.92 Å². The second-order valence-electron chi connectivity index (χ2n) is 5.32. The summed E-state index contributed by atoms with van der Waals surface area (Å²) in [5.74, 6) is 0.807. The number of nitrogens with one attached hydrogen (secondary N) is 1. The van der Waals surface area contributed by atoms with Crippen molar-refractivity contribution < 1.29 is 5.11 Å². The minimum Gasteiger partial charge on any atom is -0.395 e. The van der Waals surface area contributed by atoms with Gasteiger partial charge >= 0.3 is 0 Å². The predicted molar refractivity (Wildman–Crippen MR) is 68.6 cm³/mol. The zero-order valence-corrected chi connectivity index (χ0v) is 11.1. The van der Waals surface area contributed by atoms with Gasteiger partial charge < -0.3 is 10.4 Å². The first kappa shape index (κ1) is 13.9. The maximum absolute atomic E-state index is 9.35. The topological polar surface area (TPSA) is 35.5 Å². The van der Waals surface area contributed by atoms with Crippen LogP contribution in [0.5, 0.6) is 0 Å². The van der Waals surface area contributed by atoms with Crippen molar-refractivity contribution in [1.29, 1.82) is 0 Å². The van der Waals surface area contributed by atoms with Gasteiger partial charge in [-0.25, -0.2) is 0 Å². The fraction of sp³-hybridized carbons (Fsp3) is 1.00. The molecule has 3 nitrogen and oxygen atoms in total. The fourth-order valence-electron chi connectivity index (χ4n) is 2.45. The maximum atomic E-state index is 9.35. The van der Waals surface area contributed by atoms with Crippen LogP contribution in [0.2, 0.25) is 0 Å². The van der Waals surface area contributed by atoms with Gasteiger partial charge in [0, 0.05) is 25.2 Å². The van der Waals surface area contributed by atoms with Crippen molar-refractivity contribution in [3.05, 3.63) is 0 Å². The number of rotatable bonds is 6. The third kappa shape index (κ3) is 4.40. The molecule has 0 aromatic heterocycles. The number of hydrogen-bond acceptors (Lipinski definition) is 3. The minimum absolute atomic E-state index is 0.243. The van der Waals surface area contributed by atoms with Crippen molar-refractivity contribution in [2.75, 3.05) is 26.2 Å². The SMILES string of the molecule is CCCNC(CO)CN1CC(C)CCC1C. The lowest BCUT2D eigenvalue weighted by Gasteiger charge is -2.38. The lowest BCUT2D eigenvalue weighted by molar-refractivity contribution is 0.0971.